The molecule has 9 nitrogen and oxygen atoms in total. The van der Waals surface area contributed by atoms with Crippen molar-refractivity contribution in [3.05, 3.63) is 17.8 Å². The molecule has 0 radical (unpaired) electrons. The minimum Gasteiger partial charge on any atom is -0.450 e. The summed E-state index contributed by atoms with van der Waals surface area (Å²) < 4.78 is 5.02. The highest BCUT2D eigenvalue weighted by molar-refractivity contribution is 5.92. The molecule has 0 saturated carbocycles. The predicted molar refractivity (Wildman–Crippen MR) is 96.2 cm³/mol. The van der Waals surface area contributed by atoms with Crippen molar-refractivity contribution in [3.63, 3.8) is 0 Å². The normalized spacial score (nSPS) is 18.8. The lowest BCUT2D eigenvalue weighted by molar-refractivity contribution is 0.0657. The topological polar surface area (TPSA) is 82.1 Å². The van der Waals surface area contributed by atoms with Crippen LogP contribution in [0.3, 0.4) is 0 Å². The van der Waals surface area contributed by atoms with E-state index in [1.165, 1.54) is 0 Å². The Morgan fingerprint density at radius 1 is 0.962 bits per heavy atom. The van der Waals surface area contributed by atoms with Crippen LogP contribution in [-0.2, 0) is 4.74 Å². The zero-order valence-electron chi connectivity index (χ0n) is 15.4. The number of amides is 2. The van der Waals surface area contributed by atoms with E-state index in [2.05, 4.69) is 27.0 Å². The monoisotopic (exact) mass is 362 g/mol. The van der Waals surface area contributed by atoms with Gasteiger partial charge in [-0.25, -0.2) is 4.79 Å². The summed E-state index contributed by atoms with van der Waals surface area (Å²) in [4.78, 5) is 32.0. The second-order valence-electron chi connectivity index (χ2n) is 6.55. The van der Waals surface area contributed by atoms with Crippen molar-refractivity contribution in [1.29, 1.82) is 0 Å². The average Bonchev–Trinajstić information content (AvgIpc) is 2.68. The molecule has 0 unspecified atom stereocenters. The van der Waals surface area contributed by atoms with E-state index in [1.54, 1.807) is 17.9 Å². The number of anilines is 1. The Balaban J connectivity index is 1.55. The van der Waals surface area contributed by atoms with Gasteiger partial charge < -0.3 is 24.3 Å². The molecule has 0 atom stereocenters. The van der Waals surface area contributed by atoms with Crippen LogP contribution >= 0.6 is 0 Å². The lowest BCUT2D eigenvalue weighted by Gasteiger charge is -2.34. The SMILES string of the molecule is CCOC(=O)N1CCN(c2ccc(C(=O)N3CCN(C)CC3)nn2)CC1. The van der Waals surface area contributed by atoms with E-state index < -0.39 is 0 Å². The number of rotatable bonds is 3. The van der Waals surface area contributed by atoms with Gasteiger partial charge in [-0.2, -0.15) is 0 Å². The zero-order valence-corrected chi connectivity index (χ0v) is 15.4. The van der Waals surface area contributed by atoms with Crippen molar-refractivity contribution < 1.29 is 14.3 Å². The van der Waals surface area contributed by atoms with Gasteiger partial charge in [0.05, 0.1) is 6.61 Å². The molecule has 142 valence electrons. The molecule has 0 bridgehead atoms. The van der Waals surface area contributed by atoms with Gasteiger partial charge in [0, 0.05) is 52.4 Å². The molecule has 0 aromatic carbocycles. The number of hydrogen-bond acceptors (Lipinski definition) is 7. The van der Waals surface area contributed by atoms with Gasteiger partial charge in [-0.05, 0) is 26.1 Å². The van der Waals surface area contributed by atoms with E-state index in [9.17, 15) is 9.59 Å². The second kappa shape index (κ2) is 8.31. The molecule has 2 fully saturated rings. The molecule has 1 aromatic rings. The van der Waals surface area contributed by atoms with Crippen LogP contribution in [0.2, 0.25) is 0 Å². The minimum atomic E-state index is -0.272. The predicted octanol–water partition coefficient (Wildman–Crippen LogP) is 0.143. The molecule has 9 heteroatoms. The number of likely N-dealkylation sites (N-methyl/N-ethyl adjacent to an activating group) is 1. The lowest BCUT2D eigenvalue weighted by Crippen LogP contribution is -2.49. The number of carbonyl (C=O) groups is 2. The highest BCUT2D eigenvalue weighted by Crippen LogP contribution is 2.14. The Morgan fingerprint density at radius 3 is 2.19 bits per heavy atom. The van der Waals surface area contributed by atoms with Crippen molar-refractivity contribution in [3.8, 4) is 0 Å². The third-order valence-electron chi connectivity index (χ3n) is 4.79. The van der Waals surface area contributed by atoms with E-state index in [-0.39, 0.29) is 12.0 Å². The van der Waals surface area contributed by atoms with Crippen molar-refractivity contribution in [2.24, 2.45) is 0 Å². The van der Waals surface area contributed by atoms with Crippen LogP contribution in [0, 0.1) is 0 Å². The van der Waals surface area contributed by atoms with E-state index in [1.807, 2.05) is 11.0 Å². The van der Waals surface area contributed by atoms with E-state index >= 15 is 0 Å². The third-order valence-corrected chi connectivity index (χ3v) is 4.79. The number of carbonyl (C=O) groups excluding carboxylic acids is 2. The Hall–Kier alpha value is -2.42. The minimum absolute atomic E-state index is 0.0655. The highest BCUT2D eigenvalue weighted by atomic mass is 16.6. The van der Waals surface area contributed by atoms with E-state index in [0.717, 1.165) is 18.9 Å². The van der Waals surface area contributed by atoms with Crippen molar-refractivity contribution in [2.75, 3.05) is 70.9 Å². The van der Waals surface area contributed by atoms with E-state index in [4.69, 9.17) is 4.74 Å². The summed E-state index contributed by atoms with van der Waals surface area (Å²) in [5.74, 6) is 0.660. The fourth-order valence-corrected chi connectivity index (χ4v) is 3.11. The molecule has 0 spiro atoms. The summed E-state index contributed by atoms with van der Waals surface area (Å²) in [6.07, 6.45) is -0.272. The molecule has 3 heterocycles. The molecule has 2 saturated heterocycles. The van der Waals surface area contributed by atoms with Gasteiger partial charge in [-0.3, -0.25) is 4.79 Å². The highest BCUT2D eigenvalue weighted by Gasteiger charge is 2.24. The number of hydrogen-bond donors (Lipinski definition) is 0. The Morgan fingerprint density at radius 2 is 1.62 bits per heavy atom. The summed E-state index contributed by atoms with van der Waals surface area (Å²) >= 11 is 0. The van der Waals surface area contributed by atoms with Crippen LogP contribution in [0.15, 0.2) is 12.1 Å². The molecule has 2 aliphatic rings. The van der Waals surface area contributed by atoms with E-state index in [0.29, 0.717) is 51.6 Å². The fourth-order valence-electron chi connectivity index (χ4n) is 3.11. The first kappa shape index (κ1) is 18.4. The third kappa shape index (κ3) is 4.21. The molecule has 2 aliphatic heterocycles. The second-order valence-corrected chi connectivity index (χ2v) is 6.55. The van der Waals surface area contributed by atoms with Crippen LogP contribution in [0.25, 0.3) is 0 Å². The summed E-state index contributed by atoms with van der Waals surface area (Å²) in [6.45, 7) is 7.87. The van der Waals surface area contributed by atoms with Gasteiger partial charge in [0.25, 0.3) is 5.91 Å². The molecule has 0 N–H and O–H groups in total. The fraction of sp³-hybridized carbons (Fsp3) is 0.647. The summed E-state index contributed by atoms with van der Waals surface area (Å²) in [5.41, 5.74) is 0.378. The summed E-state index contributed by atoms with van der Waals surface area (Å²) in [6, 6.07) is 3.57. The maximum atomic E-state index is 12.5. The smallest absolute Gasteiger partial charge is 0.409 e. The van der Waals surface area contributed by atoms with Crippen LogP contribution in [-0.4, -0.2) is 103 Å². The van der Waals surface area contributed by atoms with Crippen molar-refractivity contribution in [2.45, 2.75) is 6.92 Å². The zero-order chi connectivity index (χ0) is 18.5. The van der Waals surface area contributed by atoms with Gasteiger partial charge >= 0.3 is 6.09 Å². The van der Waals surface area contributed by atoms with Gasteiger partial charge in [0.2, 0.25) is 0 Å². The molecule has 2 amide bonds. The summed E-state index contributed by atoms with van der Waals surface area (Å²) in [7, 11) is 2.05. The molecule has 3 rings (SSSR count). The maximum absolute atomic E-state index is 12.5. The number of nitrogens with zero attached hydrogens (tertiary/aromatic N) is 6. The van der Waals surface area contributed by atoms with Gasteiger partial charge in [-0.1, -0.05) is 0 Å². The quantitative estimate of drug-likeness (QED) is 0.757. The first-order valence-corrected chi connectivity index (χ1v) is 9.06. The first-order chi connectivity index (χ1) is 12.6. The number of piperazine rings is 2. The molecule has 0 aliphatic carbocycles. The molecular weight excluding hydrogens is 336 g/mol. The molecule has 26 heavy (non-hydrogen) atoms. The standard InChI is InChI=1S/C17H26N6O3/c1-3-26-17(25)23-12-10-21(11-13-23)15-5-4-14(18-19-15)16(24)22-8-6-20(2)7-9-22/h4-5H,3,6-13H2,1-2H3. The number of aromatic nitrogens is 2. The van der Waals surface area contributed by atoms with Gasteiger partial charge in [-0.15, -0.1) is 10.2 Å². The summed E-state index contributed by atoms with van der Waals surface area (Å²) in [5, 5.41) is 8.35. The average molecular weight is 362 g/mol. The number of ether oxygens (including phenoxy) is 1. The Bertz CT molecular complexity index is 622. The van der Waals surface area contributed by atoms with Gasteiger partial charge in [0.15, 0.2) is 11.5 Å². The van der Waals surface area contributed by atoms with Gasteiger partial charge in [0.1, 0.15) is 0 Å². The Kier molecular flexibility index (Phi) is 5.87. The Labute approximate surface area is 153 Å². The lowest BCUT2D eigenvalue weighted by atomic mass is 10.2. The van der Waals surface area contributed by atoms with Crippen LogP contribution < -0.4 is 4.90 Å². The maximum Gasteiger partial charge on any atom is 0.409 e. The molecular formula is C17H26N6O3. The molecule has 1 aromatic heterocycles. The van der Waals surface area contributed by atoms with Crippen LogP contribution in [0.4, 0.5) is 10.6 Å². The van der Waals surface area contributed by atoms with Crippen LogP contribution in [0.5, 0.6) is 0 Å². The van der Waals surface area contributed by atoms with Crippen LogP contribution in [0.1, 0.15) is 17.4 Å². The largest absolute Gasteiger partial charge is 0.450 e. The van der Waals surface area contributed by atoms with Crippen molar-refractivity contribution in [1.82, 2.24) is 24.9 Å². The first-order valence-electron chi connectivity index (χ1n) is 9.06. The van der Waals surface area contributed by atoms with Crippen molar-refractivity contribution >= 4 is 17.8 Å².